The van der Waals surface area contributed by atoms with Crippen LogP contribution >= 0.6 is 0 Å². The van der Waals surface area contributed by atoms with Crippen LogP contribution in [0.25, 0.3) is 0 Å². The molecule has 0 radical (unpaired) electrons. The Labute approximate surface area is 116 Å². The standard InChI is InChI=1S/C14H13FNO.BrH/c1-11-5-2-3-8-16(11)10-14(17)12-6-4-7-13(15)9-12;/h2-9H,10H2,1H3;1H/q+1;/p-1. The normalized spacial score (nSPS) is 9.67. The molecule has 0 N–H and O–H groups in total. The quantitative estimate of drug-likeness (QED) is 0.543. The van der Waals surface area contributed by atoms with E-state index in [-0.39, 0.29) is 35.1 Å². The van der Waals surface area contributed by atoms with Gasteiger partial charge in [0.2, 0.25) is 12.3 Å². The number of aromatic nitrogens is 1. The molecule has 94 valence electrons. The number of hydrogen-bond acceptors (Lipinski definition) is 1. The van der Waals surface area contributed by atoms with E-state index < -0.39 is 0 Å². The second-order valence-corrected chi connectivity index (χ2v) is 3.90. The summed E-state index contributed by atoms with van der Waals surface area (Å²) in [4.78, 5) is 11.9. The van der Waals surface area contributed by atoms with E-state index in [1.807, 2.05) is 35.9 Å². The molecule has 2 nitrogen and oxygen atoms in total. The van der Waals surface area contributed by atoms with Gasteiger partial charge in [0, 0.05) is 24.6 Å². The smallest absolute Gasteiger partial charge is 0.227 e. The molecule has 1 heterocycles. The van der Waals surface area contributed by atoms with Crippen molar-refractivity contribution in [2.45, 2.75) is 13.5 Å². The summed E-state index contributed by atoms with van der Waals surface area (Å²) >= 11 is 0. The maximum absolute atomic E-state index is 13.0. The molecule has 0 bridgehead atoms. The van der Waals surface area contributed by atoms with Gasteiger partial charge in [-0.3, -0.25) is 4.79 Å². The molecule has 4 heteroatoms. The summed E-state index contributed by atoms with van der Waals surface area (Å²) in [5.41, 5.74) is 1.40. The molecular formula is C14H13BrFNO. The summed E-state index contributed by atoms with van der Waals surface area (Å²) in [7, 11) is 0. The highest BCUT2D eigenvalue weighted by molar-refractivity contribution is 5.95. The van der Waals surface area contributed by atoms with E-state index in [4.69, 9.17) is 0 Å². The number of nitrogens with zero attached hydrogens (tertiary/aromatic N) is 1. The molecule has 0 unspecified atom stereocenters. The van der Waals surface area contributed by atoms with Crippen LogP contribution in [0.5, 0.6) is 0 Å². The average molecular weight is 310 g/mol. The van der Waals surface area contributed by atoms with Crippen molar-refractivity contribution in [1.29, 1.82) is 0 Å². The molecule has 0 fully saturated rings. The first-order chi connectivity index (χ1) is 8.16. The third kappa shape index (κ3) is 3.47. The van der Waals surface area contributed by atoms with Crippen LogP contribution in [0.2, 0.25) is 0 Å². The summed E-state index contributed by atoms with van der Waals surface area (Å²) in [6, 6.07) is 11.5. The first-order valence-corrected chi connectivity index (χ1v) is 5.40. The van der Waals surface area contributed by atoms with E-state index in [0.717, 1.165) is 5.69 Å². The first kappa shape index (κ1) is 14.5. The Hall–Kier alpha value is -1.55. The molecular weight excluding hydrogens is 297 g/mol. The number of rotatable bonds is 3. The molecule has 0 saturated heterocycles. The number of pyridine rings is 1. The molecule has 1 aromatic heterocycles. The fourth-order valence-electron chi connectivity index (χ4n) is 1.65. The lowest BCUT2D eigenvalue weighted by Crippen LogP contribution is -3.00. The van der Waals surface area contributed by atoms with Gasteiger partial charge in [0.15, 0.2) is 11.9 Å². The van der Waals surface area contributed by atoms with Crippen molar-refractivity contribution in [2.24, 2.45) is 0 Å². The van der Waals surface area contributed by atoms with Gasteiger partial charge >= 0.3 is 0 Å². The Kier molecular flexibility index (Phi) is 5.16. The lowest BCUT2D eigenvalue weighted by atomic mass is 10.1. The van der Waals surface area contributed by atoms with Crippen LogP contribution in [0.3, 0.4) is 0 Å². The summed E-state index contributed by atoms with van der Waals surface area (Å²) in [6.07, 6.45) is 1.84. The first-order valence-electron chi connectivity index (χ1n) is 5.40. The maximum atomic E-state index is 13.0. The van der Waals surface area contributed by atoms with E-state index in [0.29, 0.717) is 5.56 Å². The lowest BCUT2D eigenvalue weighted by molar-refractivity contribution is -0.689. The molecule has 1 aromatic carbocycles. The molecule has 18 heavy (non-hydrogen) atoms. The number of halogens is 2. The monoisotopic (exact) mass is 309 g/mol. The third-order valence-electron chi connectivity index (χ3n) is 2.63. The zero-order chi connectivity index (χ0) is 12.3. The average Bonchev–Trinajstić information content (AvgIpc) is 2.32. The fraction of sp³-hybridized carbons (Fsp3) is 0.143. The molecule has 0 spiro atoms. The molecule has 0 aliphatic heterocycles. The third-order valence-corrected chi connectivity index (χ3v) is 2.63. The fourth-order valence-corrected chi connectivity index (χ4v) is 1.65. The van der Waals surface area contributed by atoms with Crippen molar-refractivity contribution in [3.05, 3.63) is 65.7 Å². The van der Waals surface area contributed by atoms with Crippen molar-refractivity contribution >= 4 is 5.78 Å². The van der Waals surface area contributed by atoms with Crippen LogP contribution in [0.4, 0.5) is 4.39 Å². The number of hydrogen-bond donors (Lipinski definition) is 0. The van der Waals surface area contributed by atoms with Gasteiger partial charge in [-0.25, -0.2) is 4.39 Å². The van der Waals surface area contributed by atoms with Crippen LogP contribution in [0.15, 0.2) is 48.7 Å². The molecule has 0 aliphatic rings. The van der Waals surface area contributed by atoms with E-state index >= 15 is 0 Å². The van der Waals surface area contributed by atoms with Crippen LogP contribution in [-0.2, 0) is 6.54 Å². The van der Waals surface area contributed by atoms with Gasteiger partial charge in [-0.1, -0.05) is 18.2 Å². The van der Waals surface area contributed by atoms with Gasteiger partial charge in [-0.2, -0.15) is 4.57 Å². The van der Waals surface area contributed by atoms with Gasteiger partial charge in [-0.05, 0) is 12.1 Å². The molecule has 0 saturated carbocycles. The van der Waals surface area contributed by atoms with Crippen molar-refractivity contribution < 1.29 is 30.7 Å². The van der Waals surface area contributed by atoms with Crippen LogP contribution in [-0.4, -0.2) is 5.78 Å². The topological polar surface area (TPSA) is 20.9 Å². The summed E-state index contributed by atoms with van der Waals surface area (Å²) < 4.78 is 14.8. The van der Waals surface area contributed by atoms with Crippen LogP contribution in [0, 0.1) is 12.7 Å². The SMILES string of the molecule is Cc1cccc[n+]1CC(=O)c1cccc(F)c1.[Br-]. The van der Waals surface area contributed by atoms with Gasteiger partial charge in [-0.15, -0.1) is 0 Å². The van der Waals surface area contributed by atoms with Crippen molar-refractivity contribution in [3.8, 4) is 0 Å². The summed E-state index contributed by atoms with van der Waals surface area (Å²) in [5.74, 6) is -0.477. The highest BCUT2D eigenvalue weighted by Crippen LogP contribution is 2.04. The number of carbonyl (C=O) groups is 1. The van der Waals surface area contributed by atoms with E-state index in [1.165, 1.54) is 12.1 Å². The van der Waals surface area contributed by atoms with Crippen LogP contribution in [0.1, 0.15) is 16.1 Å². The van der Waals surface area contributed by atoms with Crippen LogP contribution < -0.4 is 21.5 Å². The predicted octanol–water partition coefficient (Wildman–Crippen LogP) is -0.691. The number of aryl methyl sites for hydroxylation is 1. The number of carbonyl (C=O) groups excluding carboxylic acids is 1. The van der Waals surface area contributed by atoms with Gasteiger partial charge in [0.1, 0.15) is 5.82 Å². The minimum Gasteiger partial charge on any atom is -1.00 e. The zero-order valence-corrected chi connectivity index (χ0v) is 11.5. The number of Topliss-reactive ketones (excluding diaryl/α,β-unsaturated/α-hetero) is 1. The van der Waals surface area contributed by atoms with E-state index in [1.54, 1.807) is 12.1 Å². The predicted molar refractivity (Wildman–Crippen MR) is 62.1 cm³/mol. The van der Waals surface area contributed by atoms with Gasteiger partial charge < -0.3 is 17.0 Å². The Bertz CT molecular complexity index is 557. The molecule has 0 atom stereocenters. The number of ketones is 1. The number of benzene rings is 1. The van der Waals surface area contributed by atoms with Gasteiger partial charge in [0.25, 0.3) is 0 Å². The Morgan fingerprint density at radius 3 is 2.67 bits per heavy atom. The van der Waals surface area contributed by atoms with E-state index in [9.17, 15) is 9.18 Å². The molecule has 2 aromatic rings. The van der Waals surface area contributed by atoms with Crippen molar-refractivity contribution in [3.63, 3.8) is 0 Å². The summed E-state index contributed by atoms with van der Waals surface area (Å²) in [5, 5.41) is 0. The van der Waals surface area contributed by atoms with Crippen molar-refractivity contribution in [2.75, 3.05) is 0 Å². The van der Waals surface area contributed by atoms with Gasteiger partial charge in [0.05, 0.1) is 0 Å². The van der Waals surface area contributed by atoms with E-state index in [2.05, 4.69) is 0 Å². The zero-order valence-electron chi connectivity index (χ0n) is 9.94. The Morgan fingerprint density at radius 2 is 2.00 bits per heavy atom. The minimum atomic E-state index is -0.384. The largest absolute Gasteiger partial charge is 1.00 e. The molecule has 0 aliphatic carbocycles. The Balaban J connectivity index is 0.00000162. The minimum absolute atomic E-state index is 0. The highest BCUT2D eigenvalue weighted by atomic mass is 79.9. The molecule has 2 rings (SSSR count). The second-order valence-electron chi connectivity index (χ2n) is 3.90. The lowest BCUT2D eigenvalue weighted by Gasteiger charge is -2.00. The van der Waals surface area contributed by atoms with Crippen molar-refractivity contribution in [1.82, 2.24) is 0 Å². The highest BCUT2D eigenvalue weighted by Gasteiger charge is 2.14. The Morgan fingerprint density at radius 1 is 1.22 bits per heavy atom. The molecule has 0 amide bonds. The second kappa shape index (κ2) is 6.40. The maximum Gasteiger partial charge on any atom is 0.227 e. The summed E-state index contributed by atoms with van der Waals surface area (Å²) in [6.45, 7) is 2.16.